The maximum atomic E-state index is 11.3. The van der Waals surface area contributed by atoms with E-state index in [0.29, 0.717) is 17.4 Å². The molecule has 0 amide bonds. The first kappa shape index (κ1) is 8.74. The summed E-state index contributed by atoms with van der Waals surface area (Å²) in [6.07, 6.45) is 0.679. The molecule has 1 aromatic carbocycles. The molecule has 0 saturated heterocycles. The van der Waals surface area contributed by atoms with Crippen LogP contribution < -0.4 is 5.76 Å². The van der Waals surface area contributed by atoms with Gasteiger partial charge in [-0.1, -0.05) is 6.07 Å². The van der Waals surface area contributed by atoms with Crippen molar-refractivity contribution in [3.05, 3.63) is 34.3 Å². The van der Waals surface area contributed by atoms with E-state index >= 15 is 0 Å². The number of hydrogen-bond donors (Lipinski definition) is 0. The van der Waals surface area contributed by atoms with Crippen molar-refractivity contribution in [3.63, 3.8) is 0 Å². The molecular formula is C10H9NO3. The summed E-state index contributed by atoms with van der Waals surface area (Å²) in [6, 6.07) is 5.41. The van der Waals surface area contributed by atoms with Crippen LogP contribution in [0.2, 0.25) is 0 Å². The van der Waals surface area contributed by atoms with Crippen molar-refractivity contribution >= 4 is 17.4 Å². The maximum Gasteiger partial charge on any atom is 0.420 e. The number of rotatable bonds is 2. The van der Waals surface area contributed by atoms with Gasteiger partial charge in [-0.3, -0.25) is 4.57 Å². The fourth-order valence-electron chi connectivity index (χ4n) is 1.42. The van der Waals surface area contributed by atoms with Crippen LogP contribution in [0.1, 0.15) is 5.56 Å². The summed E-state index contributed by atoms with van der Waals surface area (Å²) in [7, 11) is 0. The van der Waals surface area contributed by atoms with Crippen LogP contribution in [0.15, 0.2) is 27.4 Å². The normalized spacial score (nSPS) is 10.6. The molecule has 0 unspecified atom stereocenters. The molecule has 72 valence electrons. The highest BCUT2D eigenvalue weighted by Gasteiger charge is 2.07. The summed E-state index contributed by atoms with van der Waals surface area (Å²) >= 11 is 0. The van der Waals surface area contributed by atoms with Crippen LogP contribution in [0.5, 0.6) is 0 Å². The Morgan fingerprint density at radius 1 is 1.50 bits per heavy atom. The van der Waals surface area contributed by atoms with Crippen LogP contribution in [0.3, 0.4) is 0 Å². The first-order valence-electron chi connectivity index (χ1n) is 4.26. The van der Waals surface area contributed by atoms with Crippen LogP contribution in [0.25, 0.3) is 11.1 Å². The monoisotopic (exact) mass is 191 g/mol. The van der Waals surface area contributed by atoms with Crippen LogP contribution in [-0.4, -0.2) is 10.9 Å². The van der Waals surface area contributed by atoms with E-state index in [-0.39, 0.29) is 6.54 Å². The van der Waals surface area contributed by atoms with Gasteiger partial charge in [0.05, 0.1) is 12.1 Å². The first-order chi connectivity index (χ1) is 6.72. The van der Waals surface area contributed by atoms with Gasteiger partial charge in [-0.2, -0.15) is 0 Å². The molecule has 1 aromatic heterocycles. The molecule has 0 aliphatic heterocycles. The van der Waals surface area contributed by atoms with E-state index in [1.807, 2.05) is 19.1 Å². The molecule has 0 saturated carbocycles. The molecule has 0 N–H and O–H groups in total. The molecule has 14 heavy (non-hydrogen) atoms. The Morgan fingerprint density at radius 3 is 3.00 bits per heavy atom. The van der Waals surface area contributed by atoms with Crippen molar-refractivity contribution in [2.24, 2.45) is 0 Å². The lowest BCUT2D eigenvalue weighted by Crippen LogP contribution is -2.14. The van der Waals surface area contributed by atoms with Crippen molar-refractivity contribution in [3.8, 4) is 0 Å². The summed E-state index contributed by atoms with van der Waals surface area (Å²) in [5.74, 6) is -0.488. The zero-order valence-electron chi connectivity index (χ0n) is 7.69. The number of oxazole rings is 1. The number of aldehydes is 1. The Hall–Kier alpha value is -1.84. The van der Waals surface area contributed by atoms with Gasteiger partial charge in [-0.15, -0.1) is 0 Å². The Morgan fingerprint density at radius 2 is 2.29 bits per heavy atom. The highest BCUT2D eigenvalue weighted by molar-refractivity contribution is 5.74. The van der Waals surface area contributed by atoms with Gasteiger partial charge in [-0.25, -0.2) is 4.79 Å². The number of fused-ring (bicyclic) bond motifs is 1. The van der Waals surface area contributed by atoms with Gasteiger partial charge in [-0.05, 0) is 24.6 Å². The van der Waals surface area contributed by atoms with Crippen LogP contribution in [0.4, 0.5) is 0 Å². The zero-order valence-corrected chi connectivity index (χ0v) is 7.69. The van der Waals surface area contributed by atoms with Gasteiger partial charge in [0.2, 0.25) is 0 Å². The molecule has 0 aliphatic carbocycles. The van der Waals surface area contributed by atoms with Gasteiger partial charge >= 0.3 is 5.76 Å². The zero-order chi connectivity index (χ0) is 10.1. The standard InChI is InChI=1S/C10H9NO3/c1-7-2-3-9-8(6-7)11(4-5-12)10(13)14-9/h2-3,5-6H,4H2,1H3. The number of nitrogens with zero attached hydrogens (tertiary/aromatic N) is 1. The highest BCUT2D eigenvalue weighted by atomic mass is 16.4. The second-order valence-corrected chi connectivity index (χ2v) is 3.12. The minimum absolute atomic E-state index is 0.0370. The molecule has 0 radical (unpaired) electrons. The third-order valence-corrected chi connectivity index (χ3v) is 2.08. The number of aryl methyl sites for hydroxylation is 1. The van der Waals surface area contributed by atoms with Crippen molar-refractivity contribution in [2.75, 3.05) is 0 Å². The third kappa shape index (κ3) is 1.25. The molecule has 0 fully saturated rings. The van der Waals surface area contributed by atoms with Crippen molar-refractivity contribution in [1.29, 1.82) is 0 Å². The Bertz CT molecular complexity index is 536. The van der Waals surface area contributed by atoms with Gasteiger partial charge in [0, 0.05) is 0 Å². The third-order valence-electron chi connectivity index (χ3n) is 2.08. The fraction of sp³-hybridized carbons (Fsp3) is 0.200. The molecule has 1 heterocycles. The van der Waals surface area contributed by atoms with Gasteiger partial charge in [0.25, 0.3) is 0 Å². The minimum atomic E-state index is -0.488. The van der Waals surface area contributed by atoms with Crippen molar-refractivity contribution < 1.29 is 9.21 Å². The molecular weight excluding hydrogens is 182 g/mol. The number of carbonyl (C=O) groups excluding carboxylic acids is 1. The molecule has 0 atom stereocenters. The lowest BCUT2D eigenvalue weighted by molar-refractivity contribution is -0.108. The topological polar surface area (TPSA) is 52.2 Å². The Labute approximate surface area is 79.8 Å². The van der Waals surface area contributed by atoms with Crippen LogP contribution in [0, 0.1) is 6.92 Å². The van der Waals surface area contributed by atoms with Gasteiger partial charge in [0.1, 0.15) is 6.29 Å². The van der Waals surface area contributed by atoms with E-state index in [2.05, 4.69) is 0 Å². The lowest BCUT2D eigenvalue weighted by Gasteiger charge is -1.95. The summed E-state index contributed by atoms with van der Waals surface area (Å²) in [5.41, 5.74) is 2.21. The number of aromatic nitrogens is 1. The fourth-order valence-corrected chi connectivity index (χ4v) is 1.42. The smallest absolute Gasteiger partial charge is 0.408 e. The average molecular weight is 191 g/mol. The van der Waals surface area contributed by atoms with E-state index in [9.17, 15) is 9.59 Å². The SMILES string of the molecule is Cc1ccc2oc(=O)n(CC=O)c2c1. The van der Waals surface area contributed by atoms with Crippen molar-refractivity contribution in [2.45, 2.75) is 13.5 Å². The molecule has 0 aliphatic rings. The van der Waals surface area contributed by atoms with E-state index in [1.165, 1.54) is 4.57 Å². The van der Waals surface area contributed by atoms with E-state index in [0.717, 1.165) is 5.56 Å². The molecule has 2 aromatic rings. The highest BCUT2D eigenvalue weighted by Crippen LogP contribution is 2.13. The second kappa shape index (κ2) is 3.14. The quantitative estimate of drug-likeness (QED) is 0.668. The van der Waals surface area contributed by atoms with Gasteiger partial charge < -0.3 is 9.21 Å². The first-order valence-corrected chi connectivity index (χ1v) is 4.26. The second-order valence-electron chi connectivity index (χ2n) is 3.12. The lowest BCUT2D eigenvalue weighted by atomic mass is 10.2. The predicted octanol–water partition coefficient (Wildman–Crippen LogP) is 1.10. The van der Waals surface area contributed by atoms with Crippen LogP contribution >= 0.6 is 0 Å². The van der Waals surface area contributed by atoms with Gasteiger partial charge in [0.15, 0.2) is 5.58 Å². The molecule has 2 rings (SSSR count). The molecule has 4 heteroatoms. The molecule has 0 bridgehead atoms. The van der Waals surface area contributed by atoms with E-state index in [4.69, 9.17) is 4.42 Å². The Balaban J connectivity index is 2.79. The predicted molar refractivity (Wildman–Crippen MR) is 51.3 cm³/mol. The molecule has 0 spiro atoms. The number of benzene rings is 1. The summed E-state index contributed by atoms with van der Waals surface area (Å²) in [5, 5.41) is 0. The number of hydrogen-bond acceptors (Lipinski definition) is 3. The number of carbonyl (C=O) groups is 1. The van der Waals surface area contributed by atoms with E-state index < -0.39 is 5.76 Å². The van der Waals surface area contributed by atoms with E-state index in [1.54, 1.807) is 6.07 Å². The summed E-state index contributed by atoms with van der Waals surface area (Å²) < 4.78 is 6.27. The minimum Gasteiger partial charge on any atom is -0.408 e. The Kier molecular flexibility index (Phi) is 1.96. The summed E-state index contributed by atoms with van der Waals surface area (Å²) in [4.78, 5) is 21.6. The van der Waals surface area contributed by atoms with Crippen molar-refractivity contribution in [1.82, 2.24) is 4.57 Å². The largest absolute Gasteiger partial charge is 0.420 e. The summed E-state index contributed by atoms with van der Waals surface area (Å²) in [6.45, 7) is 1.96. The average Bonchev–Trinajstić information content (AvgIpc) is 2.45. The molecule has 4 nitrogen and oxygen atoms in total. The van der Waals surface area contributed by atoms with Crippen LogP contribution in [-0.2, 0) is 11.3 Å². The maximum absolute atomic E-state index is 11.3.